The SMILES string of the molecule is CCC=CC1COC(CCC2COC(c3ccc(OC(F)(F)F)c(F)c3)OC2)OC1. The van der Waals surface area contributed by atoms with E-state index in [1.807, 2.05) is 0 Å². The average molecular weight is 434 g/mol. The van der Waals surface area contributed by atoms with Crippen molar-refractivity contribution in [1.82, 2.24) is 0 Å². The molecule has 0 unspecified atom stereocenters. The first-order chi connectivity index (χ1) is 14.3. The molecule has 168 valence electrons. The Bertz CT molecular complexity index is 693. The fourth-order valence-corrected chi connectivity index (χ4v) is 3.31. The molecule has 1 aromatic rings. The van der Waals surface area contributed by atoms with Gasteiger partial charge in [-0.3, -0.25) is 0 Å². The molecular weight excluding hydrogens is 408 g/mol. The van der Waals surface area contributed by atoms with E-state index < -0.39 is 24.2 Å². The van der Waals surface area contributed by atoms with Crippen LogP contribution in [0.2, 0.25) is 0 Å². The summed E-state index contributed by atoms with van der Waals surface area (Å²) in [5.41, 5.74) is 0.297. The lowest BCUT2D eigenvalue weighted by Gasteiger charge is -2.32. The molecule has 5 nitrogen and oxygen atoms in total. The number of alkyl halides is 3. The Kier molecular flexibility index (Phi) is 8.10. The van der Waals surface area contributed by atoms with E-state index in [1.165, 1.54) is 6.07 Å². The van der Waals surface area contributed by atoms with Gasteiger partial charge in [0.15, 0.2) is 24.1 Å². The Morgan fingerprint density at radius 2 is 1.73 bits per heavy atom. The Morgan fingerprint density at radius 3 is 2.33 bits per heavy atom. The molecule has 0 amide bonds. The minimum atomic E-state index is -4.95. The predicted molar refractivity (Wildman–Crippen MR) is 99.1 cm³/mol. The normalized spacial score (nSPS) is 28.0. The van der Waals surface area contributed by atoms with Crippen LogP contribution in [0.15, 0.2) is 30.4 Å². The monoisotopic (exact) mass is 434 g/mol. The summed E-state index contributed by atoms with van der Waals surface area (Å²) in [7, 11) is 0. The standard InChI is InChI=1S/C21H26F4O5/c1-2-3-4-14-10-26-19(27-11-14)8-5-15-12-28-20(29-13-15)16-6-7-18(17(22)9-16)30-21(23,24)25/h3-4,6-7,9,14-15,19-20H,2,5,8,10-13H2,1H3. The fourth-order valence-electron chi connectivity index (χ4n) is 3.31. The van der Waals surface area contributed by atoms with E-state index in [0.29, 0.717) is 38.4 Å². The van der Waals surface area contributed by atoms with Gasteiger partial charge in [0.1, 0.15) is 0 Å². The summed E-state index contributed by atoms with van der Waals surface area (Å²) < 4.78 is 76.9. The molecule has 0 aromatic heterocycles. The molecule has 2 aliphatic heterocycles. The van der Waals surface area contributed by atoms with E-state index >= 15 is 0 Å². The number of halogens is 4. The molecular formula is C21H26F4O5. The van der Waals surface area contributed by atoms with Gasteiger partial charge in [0, 0.05) is 17.4 Å². The van der Waals surface area contributed by atoms with Crippen LogP contribution in [0.1, 0.15) is 38.0 Å². The van der Waals surface area contributed by atoms with Crippen LogP contribution in [0.4, 0.5) is 17.6 Å². The molecule has 0 atom stereocenters. The zero-order valence-electron chi connectivity index (χ0n) is 16.7. The van der Waals surface area contributed by atoms with Crippen molar-refractivity contribution in [1.29, 1.82) is 0 Å². The molecule has 0 spiro atoms. The molecule has 0 aliphatic carbocycles. The van der Waals surface area contributed by atoms with Gasteiger partial charge in [0.25, 0.3) is 0 Å². The van der Waals surface area contributed by atoms with E-state index in [2.05, 4.69) is 23.8 Å². The quantitative estimate of drug-likeness (QED) is 0.440. The third-order valence-electron chi connectivity index (χ3n) is 4.87. The maximum absolute atomic E-state index is 13.9. The summed E-state index contributed by atoms with van der Waals surface area (Å²) >= 11 is 0. The summed E-state index contributed by atoms with van der Waals surface area (Å²) in [5.74, 6) is -1.60. The molecule has 0 N–H and O–H groups in total. The molecule has 9 heteroatoms. The summed E-state index contributed by atoms with van der Waals surface area (Å²) in [6, 6.07) is 3.14. The van der Waals surface area contributed by atoms with Gasteiger partial charge in [-0.05, 0) is 31.4 Å². The molecule has 2 heterocycles. The third-order valence-corrected chi connectivity index (χ3v) is 4.87. The van der Waals surface area contributed by atoms with Crippen molar-refractivity contribution < 1.29 is 41.2 Å². The van der Waals surface area contributed by atoms with E-state index in [0.717, 1.165) is 25.0 Å². The number of hydrogen-bond acceptors (Lipinski definition) is 5. The first-order valence-corrected chi connectivity index (χ1v) is 10.0. The van der Waals surface area contributed by atoms with Gasteiger partial charge < -0.3 is 23.7 Å². The smallest absolute Gasteiger partial charge is 0.403 e. The maximum atomic E-state index is 13.9. The molecule has 1 aromatic carbocycles. The summed E-state index contributed by atoms with van der Waals surface area (Å²) in [5, 5.41) is 0. The molecule has 2 saturated heterocycles. The molecule has 2 fully saturated rings. The third kappa shape index (κ3) is 6.94. The molecule has 3 rings (SSSR count). The van der Waals surface area contributed by atoms with Crippen molar-refractivity contribution in [3.63, 3.8) is 0 Å². The first kappa shape index (κ1) is 23.0. The molecule has 0 radical (unpaired) electrons. The fraction of sp³-hybridized carbons (Fsp3) is 0.619. The minimum Gasteiger partial charge on any atom is -0.403 e. The average Bonchev–Trinajstić information content (AvgIpc) is 2.72. The Hall–Kier alpha value is -1.68. The van der Waals surface area contributed by atoms with Crippen LogP contribution < -0.4 is 4.74 Å². The van der Waals surface area contributed by atoms with E-state index in [9.17, 15) is 17.6 Å². The van der Waals surface area contributed by atoms with Crippen LogP contribution in [0.3, 0.4) is 0 Å². The van der Waals surface area contributed by atoms with Crippen LogP contribution in [-0.2, 0) is 18.9 Å². The van der Waals surface area contributed by atoms with Gasteiger partial charge >= 0.3 is 6.36 Å². The van der Waals surface area contributed by atoms with Gasteiger partial charge in [-0.1, -0.05) is 25.1 Å². The number of hydrogen-bond donors (Lipinski definition) is 0. The van der Waals surface area contributed by atoms with Crippen molar-refractivity contribution in [3.05, 3.63) is 41.7 Å². The Morgan fingerprint density at radius 1 is 1.03 bits per heavy atom. The van der Waals surface area contributed by atoms with Gasteiger partial charge in [0.2, 0.25) is 0 Å². The van der Waals surface area contributed by atoms with E-state index in [1.54, 1.807) is 0 Å². The highest BCUT2D eigenvalue weighted by atomic mass is 19.4. The van der Waals surface area contributed by atoms with E-state index in [4.69, 9.17) is 18.9 Å². The molecule has 2 aliphatic rings. The van der Waals surface area contributed by atoms with E-state index in [-0.39, 0.29) is 18.1 Å². The summed E-state index contributed by atoms with van der Waals surface area (Å²) in [6.45, 7) is 4.14. The largest absolute Gasteiger partial charge is 0.573 e. The lowest BCUT2D eigenvalue weighted by atomic mass is 10.0. The number of benzene rings is 1. The van der Waals surface area contributed by atoms with Gasteiger partial charge in [0.05, 0.1) is 26.4 Å². The second-order valence-corrected chi connectivity index (χ2v) is 7.37. The zero-order chi connectivity index (χ0) is 21.6. The van der Waals surface area contributed by atoms with Crippen LogP contribution >= 0.6 is 0 Å². The number of rotatable bonds is 7. The Balaban J connectivity index is 1.40. The van der Waals surface area contributed by atoms with Crippen LogP contribution in [-0.4, -0.2) is 39.1 Å². The van der Waals surface area contributed by atoms with Crippen molar-refractivity contribution in [2.24, 2.45) is 11.8 Å². The lowest BCUT2D eigenvalue weighted by Crippen LogP contribution is -2.33. The summed E-state index contributed by atoms with van der Waals surface area (Å²) in [4.78, 5) is 0. The highest BCUT2D eigenvalue weighted by Crippen LogP contribution is 2.32. The van der Waals surface area contributed by atoms with Gasteiger partial charge in [-0.25, -0.2) is 4.39 Å². The highest BCUT2D eigenvalue weighted by Gasteiger charge is 2.33. The Labute approximate surface area is 172 Å². The van der Waals surface area contributed by atoms with Crippen molar-refractivity contribution in [3.8, 4) is 5.75 Å². The second-order valence-electron chi connectivity index (χ2n) is 7.37. The van der Waals surface area contributed by atoms with Crippen molar-refractivity contribution in [2.75, 3.05) is 26.4 Å². The summed E-state index contributed by atoms with van der Waals surface area (Å²) in [6.07, 6.45) is 0.669. The zero-order valence-corrected chi connectivity index (χ0v) is 16.7. The maximum Gasteiger partial charge on any atom is 0.573 e. The van der Waals surface area contributed by atoms with Crippen LogP contribution in [0, 0.1) is 17.7 Å². The van der Waals surface area contributed by atoms with Crippen molar-refractivity contribution in [2.45, 2.75) is 45.1 Å². The number of ether oxygens (including phenoxy) is 5. The lowest BCUT2D eigenvalue weighted by molar-refractivity contribution is -0.275. The number of allylic oxidation sites excluding steroid dienone is 1. The molecule has 0 saturated carbocycles. The van der Waals surface area contributed by atoms with Gasteiger partial charge in [-0.15, -0.1) is 13.2 Å². The minimum absolute atomic E-state index is 0.129. The second kappa shape index (κ2) is 10.6. The van der Waals surface area contributed by atoms with Crippen molar-refractivity contribution >= 4 is 0 Å². The van der Waals surface area contributed by atoms with Crippen LogP contribution in [0.5, 0.6) is 5.75 Å². The van der Waals surface area contributed by atoms with Crippen LogP contribution in [0.25, 0.3) is 0 Å². The topological polar surface area (TPSA) is 46.2 Å². The first-order valence-electron chi connectivity index (χ1n) is 10.0. The molecule has 0 bridgehead atoms. The van der Waals surface area contributed by atoms with Gasteiger partial charge in [-0.2, -0.15) is 0 Å². The predicted octanol–water partition coefficient (Wildman–Crippen LogP) is 5.12. The highest BCUT2D eigenvalue weighted by molar-refractivity contribution is 5.30. The molecule has 30 heavy (non-hydrogen) atoms.